The summed E-state index contributed by atoms with van der Waals surface area (Å²) in [4.78, 5) is 23.1. The van der Waals surface area contributed by atoms with Crippen molar-refractivity contribution in [1.29, 1.82) is 0 Å². The molecule has 0 aliphatic heterocycles. The number of hydrogen-bond donors (Lipinski definition) is 3. The molecule has 3 N–H and O–H groups in total. The van der Waals surface area contributed by atoms with Gasteiger partial charge in [-0.2, -0.15) is 0 Å². The van der Waals surface area contributed by atoms with Gasteiger partial charge in [-0.3, -0.25) is 9.59 Å². The van der Waals surface area contributed by atoms with Crippen LogP contribution < -0.4 is 10.6 Å². The van der Waals surface area contributed by atoms with E-state index in [0.717, 1.165) is 12.8 Å². The molecule has 2 atom stereocenters. The van der Waals surface area contributed by atoms with Crippen LogP contribution in [0.5, 0.6) is 0 Å². The first-order valence-electron chi connectivity index (χ1n) is 6.86. The van der Waals surface area contributed by atoms with Gasteiger partial charge in [0.2, 0.25) is 11.8 Å². The standard InChI is InChI=1S/C14H24N2O3/c1-10(2)3-6-13(18)15-8-14(19)16-12-5-4-11(7-12)9-17/h4-5,10-12,17H,3,6-9H2,1-2H3,(H,15,18)(H,16,19)/t11-,12+/m0/s1. The lowest BCUT2D eigenvalue weighted by Crippen LogP contribution is -2.41. The Morgan fingerprint density at radius 1 is 1.32 bits per heavy atom. The number of amides is 2. The molecule has 0 unspecified atom stereocenters. The molecule has 0 fully saturated rings. The van der Waals surface area contributed by atoms with Gasteiger partial charge in [0.1, 0.15) is 0 Å². The molecule has 1 aliphatic carbocycles. The van der Waals surface area contributed by atoms with E-state index in [2.05, 4.69) is 24.5 Å². The molecule has 5 nitrogen and oxygen atoms in total. The smallest absolute Gasteiger partial charge is 0.239 e. The van der Waals surface area contributed by atoms with Crippen molar-refractivity contribution in [1.82, 2.24) is 10.6 Å². The number of nitrogens with one attached hydrogen (secondary N) is 2. The van der Waals surface area contributed by atoms with Crippen LogP contribution in [0.3, 0.4) is 0 Å². The van der Waals surface area contributed by atoms with Crippen LogP contribution in [0.4, 0.5) is 0 Å². The van der Waals surface area contributed by atoms with Gasteiger partial charge < -0.3 is 15.7 Å². The molecule has 0 heterocycles. The summed E-state index contributed by atoms with van der Waals surface area (Å²) in [5.41, 5.74) is 0. The molecule has 0 saturated carbocycles. The third-order valence-corrected chi connectivity index (χ3v) is 3.15. The summed E-state index contributed by atoms with van der Waals surface area (Å²) < 4.78 is 0. The van der Waals surface area contributed by atoms with Crippen LogP contribution in [-0.2, 0) is 9.59 Å². The summed E-state index contributed by atoms with van der Waals surface area (Å²) in [6, 6.07) is -0.0304. The number of aliphatic hydroxyl groups is 1. The van der Waals surface area contributed by atoms with Crippen molar-refractivity contribution >= 4 is 11.8 Å². The Kier molecular flexibility index (Phi) is 6.56. The lowest BCUT2D eigenvalue weighted by Gasteiger charge is -2.13. The summed E-state index contributed by atoms with van der Waals surface area (Å²) in [6.45, 7) is 4.24. The Bertz CT molecular complexity index is 340. The van der Waals surface area contributed by atoms with E-state index in [1.165, 1.54) is 0 Å². The molecule has 108 valence electrons. The van der Waals surface area contributed by atoms with Crippen molar-refractivity contribution in [3.63, 3.8) is 0 Å². The molecule has 2 amide bonds. The molecule has 19 heavy (non-hydrogen) atoms. The molecule has 0 aromatic heterocycles. The maximum Gasteiger partial charge on any atom is 0.239 e. The Hall–Kier alpha value is -1.36. The second-order valence-electron chi connectivity index (χ2n) is 5.45. The molecule has 0 aromatic carbocycles. The molecule has 1 aliphatic rings. The number of aliphatic hydroxyl groups excluding tert-OH is 1. The number of carbonyl (C=O) groups is 2. The fourth-order valence-electron chi connectivity index (χ4n) is 1.96. The minimum atomic E-state index is -0.189. The molecule has 1 rings (SSSR count). The molecule has 5 heteroatoms. The number of carbonyl (C=O) groups excluding carboxylic acids is 2. The van der Waals surface area contributed by atoms with Crippen LogP contribution in [0.2, 0.25) is 0 Å². The minimum Gasteiger partial charge on any atom is -0.396 e. The maximum absolute atomic E-state index is 11.6. The second kappa shape index (κ2) is 7.94. The summed E-state index contributed by atoms with van der Waals surface area (Å²) in [5.74, 6) is 0.342. The van der Waals surface area contributed by atoms with Crippen molar-refractivity contribution < 1.29 is 14.7 Å². The van der Waals surface area contributed by atoms with Crippen LogP contribution in [0.1, 0.15) is 33.1 Å². The van der Waals surface area contributed by atoms with Gasteiger partial charge in [0.05, 0.1) is 6.54 Å². The third kappa shape index (κ3) is 6.38. The lowest BCUT2D eigenvalue weighted by molar-refractivity contribution is -0.126. The first-order chi connectivity index (χ1) is 9.01. The van der Waals surface area contributed by atoms with E-state index < -0.39 is 0 Å². The molecule has 0 bridgehead atoms. The summed E-state index contributed by atoms with van der Waals surface area (Å²) in [5, 5.41) is 14.4. The van der Waals surface area contributed by atoms with Gasteiger partial charge in [0, 0.05) is 25.0 Å². The monoisotopic (exact) mass is 268 g/mol. The number of hydrogen-bond acceptors (Lipinski definition) is 3. The van der Waals surface area contributed by atoms with Crippen LogP contribution in [-0.4, -0.2) is 36.1 Å². The van der Waals surface area contributed by atoms with Gasteiger partial charge in [0.25, 0.3) is 0 Å². The molecule has 0 radical (unpaired) electrons. The predicted molar refractivity (Wildman–Crippen MR) is 73.3 cm³/mol. The van der Waals surface area contributed by atoms with Gasteiger partial charge >= 0.3 is 0 Å². The molecule has 0 aromatic rings. The Morgan fingerprint density at radius 3 is 2.63 bits per heavy atom. The highest BCUT2D eigenvalue weighted by atomic mass is 16.3. The third-order valence-electron chi connectivity index (χ3n) is 3.15. The second-order valence-corrected chi connectivity index (χ2v) is 5.45. The highest BCUT2D eigenvalue weighted by molar-refractivity contribution is 5.84. The van der Waals surface area contributed by atoms with E-state index in [1.807, 2.05) is 12.2 Å². The van der Waals surface area contributed by atoms with Crippen LogP contribution in [0.25, 0.3) is 0 Å². The molecular formula is C14H24N2O3. The Labute approximate surface area is 114 Å². The van der Waals surface area contributed by atoms with Crippen molar-refractivity contribution in [2.45, 2.75) is 39.2 Å². The Balaban J connectivity index is 2.15. The predicted octanol–water partition coefficient (Wildman–Crippen LogP) is 0.592. The topological polar surface area (TPSA) is 78.4 Å². The van der Waals surface area contributed by atoms with E-state index in [1.54, 1.807) is 0 Å². The van der Waals surface area contributed by atoms with E-state index >= 15 is 0 Å². The largest absolute Gasteiger partial charge is 0.396 e. The van der Waals surface area contributed by atoms with Crippen LogP contribution >= 0.6 is 0 Å². The average molecular weight is 268 g/mol. The van der Waals surface area contributed by atoms with E-state index in [4.69, 9.17) is 5.11 Å². The van der Waals surface area contributed by atoms with Gasteiger partial charge in [-0.1, -0.05) is 26.0 Å². The van der Waals surface area contributed by atoms with Crippen molar-refractivity contribution in [3.8, 4) is 0 Å². The summed E-state index contributed by atoms with van der Waals surface area (Å²) in [7, 11) is 0. The highest BCUT2D eigenvalue weighted by Gasteiger charge is 2.19. The van der Waals surface area contributed by atoms with Crippen LogP contribution in [0.15, 0.2) is 12.2 Å². The average Bonchev–Trinajstić information content (AvgIpc) is 2.81. The quantitative estimate of drug-likeness (QED) is 0.591. The molecule has 0 spiro atoms. The maximum atomic E-state index is 11.6. The van der Waals surface area contributed by atoms with Gasteiger partial charge in [-0.25, -0.2) is 0 Å². The first kappa shape index (κ1) is 15.7. The number of rotatable bonds is 7. The minimum absolute atomic E-state index is 0.0189. The van der Waals surface area contributed by atoms with Gasteiger partial charge in [-0.15, -0.1) is 0 Å². The van der Waals surface area contributed by atoms with Crippen molar-refractivity contribution in [2.24, 2.45) is 11.8 Å². The van der Waals surface area contributed by atoms with E-state index in [-0.39, 0.29) is 36.9 Å². The zero-order chi connectivity index (χ0) is 14.3. The lowest BCUT2D eigenvalue weighted by atomic mass is 10.1. The van der Waals surface area contributed by atoms with Crippen molar-refractivity contribution in [3.05, 3.63) is 12.2 Å². The summed E-state index contributed by atoms with van der Waals surface area (Å²) in [6.07, 6.45) is 5.81. The van der Waals surface area contributed by atoms with Crippen molar-refractivity contribution in [2.75, 3.05) is 13.2 Å². The van der Waals surface area contributed by atoms with Gasteiger partial charge in [0.15, 0.2) is 0 Å². The van der Waals surface area contributed by atoms with Gasteiger partial charge in [-0.05, 0) is 18.8 Å². The van der Waals surface area contributed by atoms with E-state index in [9.17, 15) is 9.59 Å². The van der Waals surface area contributed by atoms with Crippen LogP contribution in [0, 0.1) is 11.8 Å². The highest BCUT2D eigenvalue weighted by Crippen LogP contribution is 2.16. The normalized spacial score (nSPS) is 21.7. The SMILES string of the molecule is CC(C)CCC(=O)NCC(=O)N[C@@H]1C=C[C@H](CO)C1. The zero-order valence-corrected chi connectivity index (χ0v) is 11.7. The summed E-state index contributed by atoms with van der Waals surface area (Å²) >= 11 is 0. The van der Waals surface area contributed by atoms with E-state index in [0.29, 0.717) is 12.3 Å². The first-order valence-corrected chi connectivity index (χ1v) is 6.86. The Morgan fingerprint density at radius 2 is 2.05 bits per heavy atom. The molecular weight excluding hydrogens is 244 g/mol. The molecule has 0 saturated heterocycles. The fourth-order valence-corrected chi connectivity index (χ4v) is 1.96. The zero-order valence-electron chi connectivity index (χ0n) is 11.7. The fraction of sp³-hybridized carbons (Fsp3) is 0.714.